The molecule has 10 heteroatoms. The number of fused-ring (bicyclic) bond motifs is 1. The molecule has 2 aliphatic heterocycles. The molecule has 0 spiro atoms. The first kappa shape index (κ1) is 21.9. The minimum absolute atomic E-state index is 0.0328. The smallest absolute Gasteiger partial charge is 0.220 e. The molecule has 1 aromatic heterocycles. The van der Waals surface area contributed by atoms with Crippen LogP contribution in [-0.4, -0.2) is 40.9 Å². The summed E-state index contributed by atoms with van der Waals surface area (Å²) >= 11 is 3.45. The van der Waals surface area contributed by atoms with Crippen LogP contribution in [0.5, 0.6) is 0 Å². The van der Waals surface area contributed by atoms with Crippen LogP contribution < -0.4 is 11.1 Å². The van der Waals surface area contributed by atoms with Crippen molar-refractivity contribution in [2.24, 2.45) is 5.16 Å². The maximum atomic E-state index is 13.6. The van der Waals surface area contributed by atoms with Crippen LogP contribution in [0.25, 0.3) is 0 Å². The predicted molar refractivity (Wildman–Crippen MR) is 117 cm³/mol. The van der Waals surface area contributed by atoms with E-state index < -0.39 is 5.79 Å². The number of aromatic nitrogens is 2. The first-order valence-corrected chi connectivity index (χ1v) is 10.9. The highest BCUT2D eigenvalue weighted by Gasteiger charge is 2.33. The molecule has 0 amide bonds. The molecule has 1 fully saturated rings. The second-order valence-electron chi connectivity index (χ2n) is 8.07. The molecule has 1 saturated heterocycles. The number of aryl methyl sites for hydroxylation is 1. The highest BCUT2D eigenvalue weighted by Crippen LogP contribution is 2.31. The van der Waals surface area contributed by atoms with E-state index in [0.29, 0.717) is 42.1 Å². The van der Waals surface area contributed by atoms with Gasteiger partial charge in [-0.3, -0.25) is 0 Å². The van der Waals surface area contributed by atoms with E-state index >= 15 is 0 Å². The van der Waals surface area contributed by atoms with Gasteiger partial charge in [-0.1, -0.05) is 27.2 Å². The number of nitrogens with two attached hydrogens (primary N) is 1. The minimum atomic E-state index is -0.565. The summed E-state index contributed by atoms with van der Waals surface area (Å²) in [7, 11) is 0. The van der Waals surface area contributed by atoms with E-state index in [1.165, 1.54) is 12.1 Å². The van der Waals surface area contributed by atoms with E-state index in [-0.39, 0.29) is 23.9 Å². The Balaban J connectivity index is 1.54. The number of nitrogens with zero attached hydrogens (tertiary/aromatic N) is 3. The summed E-state index contributed by atoms with van der Waals surface area (Å²) in [5.74, 6) is -0.155. The van der Waals surface area contributed by atoms with Crippen molar-refractivity contribution in [3.63, 3.8) is 0 Å². The molecule has 0 unspecified atom stereocenters. The lowest BCUT2D eigenvalue weighted by Crippen LogP contribution is -2.38. The van der Waals surface area contributed by atoms with Gasteiger partial charge in [0.1, 0.15) is 12.4 Å². The maximum absolute atomic E-state index is 13.6. The number of oxime groups is 1. The number of ether oxygens (including phenoxy) is 2. The highest BCUT2D eigenvalue weighted by atomic mass is 79.9. The van der Waals surface area contributed by atoms with Crippen LogP contribution in [-0.2, 0) is 20.7 Å². The summed E-state index contributed by atoms with van der Waals surface area (Å²) in [6.45, 7) is 6.53. The molecular weight excluding hydrogens is 469 g/mol. The van der Waals surface area contributed by atoms with Gasteiger partial charge in [-0.05, 0) is 38.5 Å². The first-order chi connectivity index (χ1) is 14.7. The highest BCUT2D eigenvalue weighted by molar-refractivity contribution is 9.10. The topological polar surface area (TPSA) is 104 Å². The Kier molecular flexibility index (Phi) is 6.14. The molecule has 2 aromatic rings. The van der Waals surface area contributed by atoms with Gasteiger partial charge in [-0.25, -0.2) is 14.4 Å². The average molecular weight is 494 g/mol. The van der Waals surface area contributed by atoms with Gasteiger partial charge < -0.3 is 25.4 Å². The number of benzene rings is 1. The Labute approximate surface area is 188 Å². The predicted octanol–water partition coefficient (Wildman–Crippen LogP) is 3.38. The molecule has 0 radical (unpaired) electrons. The Morgan fingerprint density at radius 1 is 1.39 bits per heavy atom. The fourth-order valence-electron chi connectivity index (χ4n) is 3.84. The van der Waals surface area contributed by atoms with Gasteiger partial charge >= 0.3 is 0 Å². The van der Waals surface area contributed by atoms with E-state index in [9.17, 15) is 4.39 Å². The summed E-state index contributed by atoms with van der Waals surface area (Å²) in [5, 5.41) is 7.72. The summed E-state index contributed by atoms with van der Waals surface area (Å²) in [4.78, 5) is 14.3. The minimum Gasteiger partial charge on any atom is -0.394 e. The van der Waals surface area contributed by atoms with Crippen molar-refractivity contribution in [2.75, 3.05) is 18.9 Å². The average Bonchev–Trinajstić information content (AvgIpc) is 3.03. The monoisotopic (exact) mass is 493 g/mol. The molecule has 166 valence electrons. The van der Waals surface area contributed by atoms with Crippen LogP contribution in [0.3, 0.4) is 0 Å². The van der Waals surface area contributed by atoms with E-state index in [0.717, 1.165) is 16.8 Å². The number of nitrogen functional groups attached to an aromatic ring is 1. The van der Waals surface area contributed by atoms with Crippen LogP contribution in [0.2, 0.25) is 0 Å². The lowest BCUT2D eigenvalue weighted by atomic mass is 9.94. The molecule has 0 aliphatic carbocycles. The third kappa shape index (κ3) is 4.97. The third-order valence-corrected chi connectivity index (χ3v) is 5.91. The number of nitrogens with one attached hydrogen (secondary N) is 1. The summed E-state index contributed by atoms with van der Waals surface area (Å²) < 4.78 is 25.6. The van der Waals surface area contributed by atoms with E-state index in [2.05, 4.69) is 36.4 Å². The van der Waals surface area contributed by atoms with Gasteiger partial charge in [0.2, 0.25) is 5.95 Å². The van der Waals surface area contributed by atoms with Gasteiger partial charge in [-0.15, -0.1) is 0 Å². The number of anilines is 1. The van der Waals surface area contributed by atoms with Crippen LogP contribution >= 0.6 is 15.9 Å². The van der Waals surface area contributed by atoms with Gasteiger partial charge in [0.15, 0.2) is 11.6 Å². The Morgan fingerprint density at radius 2 is 2.19 bits per heavy atom. The Hall–Kier alpha value is -2.30. The van der Waals surface area contributed by atoms with Crippen molar-refractivity contribution in [1.29, 1.82) is 0 Å². The zero-order chi connectivity index (χ0) is 22.2. The van der Waals surface area contributed by atoms with E-state index in [4.69, 9.17) is 20.0 Å². The second kappa shape index (κ2) is 8.68. The molecule has 2 aliphatic rings. The number of halogens is 2. The Bertz CT molecular complexity index is 1020. The maximum Gasteiger partial charge on any atom is 0.220 e. The summed E-state index contributed by atoms with van der Waals surface area (Å²) in [5.41, 5.74) is 9.01. The fraction of sp³-hybridized carbons (Fsp3) is 0.476. The SMILES string of the molecule is Cc1nc(N)nc2c1/C(=N/OCC[C@H]1COC(C)(C)O1)N[C@@H](c1ccc(F)cc1Br)C2. The first-order valence-electron chi connectivity index (χ1n) is 10.1. The number of hydrogen-bond acceptors (Lipinski definition) is 7. The molecule has 31 heavy (non-hydrogen) atoms. The number of amidine groups is 1. The van der Waals surface area contributed by atoms with Crippen molar-refractivity contribution in [3.05, 3.63) is 51.0 Å². The van der Waals surface area contributed by atoms with Crippen molar-refractivity contribution in [1.82, 2.24) is 15.3 Å². The van der Waals surface area contributed by atoms with Crippen LogP contribution in [0.1, 0.15) is 48.8 Å². The van der Waals surface area contributed by atoms with Crippen LogP contribution in [0.4, 0.5) is 10.3 Å². The molecule has 3 heterocycles. The zero-order valence-electron chi connectivity index (χ0n) is 17.6. The molecule has 8 nitrogen and oxygen atoms in total. The van der Waals surface area contributed by atoms with Gasteiger partial charge in [0.05, 0.1) is 35.7 Å². The fourth-order valence-corrected chi connectivity index (χ4v) is 4.46. The van der Waals surface area contributed by atoms with Crippen molar-refractivity contribution >= 4 is 27.7 Å². The zero-order valence-corrected chi connectivity index (χ0v) is 19.2. The Morgan fingerprint density at radius 3 is 2.90 bits per heavy atom. The van der Waals surface area contributed by atoms with E-state index in [1.54, 1.807) is 6.07 Å². The third-order valence-electron chi connectivity index (χ3n) is 5.22. The molecule has 2 atom stereocenters. The number of rotatable bonds is 5. The van der Waals surface area contributed by atoms with Crippen LogP contribution in [0.15, 0.2) is 27.8 Å². The molecule has 0 saturated carbocycles. The van der Waals surface area contributed by atoms with Crippen molar-refractivity contribution in [2.45, 2.75) is 51.5 Å². The van der Waals surface area contributed by atoms with Crippen molar-refractivity contribution in [3.8, 4) is 0 Å². The molecule has 3 N–H and O–H groups in total. The number of hydrogen-bond donors (Lipinski definition) is 2. The molecule has 1 aromatic carbocycles. The second-order valence-corrected chi connectivity index (χ2v) is 8.92. The van der Waals surface area contributed by atoms with E-state index in [1.807, 2.05) is 20.8 Å². The normalized spacial score (nSPS) is 23.5. The lowest BCUT2D eigenvalue weighted by Gasteiger charge is -2.29. The van der Waals surface area contributed by atoms with Gasteiger partial charge in [0, 0.05) is 17.3 Å². The quantitative estimate of drug-likeness (QED) is 0.485. The van der Waals surface area contributed by atoms with Gasteiger partial charge in [-0.2, -0.15) is 0 Å². The molecule has 0 bridgehead atoms. The lowest BCUT2D eigenvalue weighted by molar-refractivity contribution is -0.140. The standard InChI is InChI=1S/C21H25BrFN5O3/c1-11-18-17(27-20(24)25-11)9-16(14-5-4-12(23)8-15(14)22)26-19(18)28-30-7-6-13-10-29-21(2,3)31-13/h4-5,8,13,16H,6-7,9-10H2,1-3H3,(H,26,28)(H2,24,25,27)/t13-,16+/m0/s1. The van der Waals surface area contributed by atoms with Crippen molar-refractivity contribution < 1.29 is 18.7 Å². The summed E-state index contributed by atoms with van der Waals surface area (Å²) in [6, 6.07) is 4.41. The largest absolute Gasteiger partial charge is 0.394 e. The summed E-state index contributed by atoms with van der Waals surface area (Å²) in [6.07, 6.45) is 1.17. The molecular formula is C21H25BrFN5O3. The van der Waals surface area contributed by atoms with Crippen LogP contribution in [0, 0.1) is 12.7 Å². The molecule has 4 rings (SSSR count). The van der Waals surface area contributed by atoms with Gasteiger partial charge in [0.25, 0.3) is 0 Å².